The van der Waals surface area contributed by atoms with Gasteiger partial charge in [0.1, 0.15) is 0 Å². The van der Waals surface area contributed by atoms with Gasteiger partial charge in [0.05, 0.1) is 0 Å². The lowest BCUT2D eigenvalue weighted by Gasteiger charge is -2.31. The molecule has 0 spiro atoms. The van der Waals surface area contributed by atoms with E-state index in [0.29, 0.717) is 4.75 Å². The third-order valence-electron chi connectivity index (χ3n) is 3.31. The number of aryl methyl sites for hydroxylation is 1. The highest BCUT2D eigenvalue weighted by molar-refractivity contribution is 8.00. The second kappa shape index (κ2) is 3.80. The van der Waals surface area contributed by atoms with Crippen LogP contribution in [0.1, 0.15) is 52.2 Å². The van der Waals surface area contributed by atoms with Gasteiger partial charge in [0.15, 0.2) is 0 Å². The summed E-state index contributed by atoms with van der Waals surface area (Å²) in [7, 11) is 0. The molecule has 1 heterocycles. The molecule has 16 heavy (non-hydrogen) atoms. The maximum atomic E-state index is 2.41. The van der Waals surface area contributed by atoms with Gasteiger partial charge < -0.3 is 0 Å². The molecule has 1 aliphatic rings. The van der Waals surface area contributed by atoms with Crippen molar-refractivity contribution < 1.29 is 0 Å². The van der Waals surface area contributed by atoms with Gasteiger partial charge in [-0.15, -0.1) is 11.8 Å². The highest BCUT2D eigenvalue weighted by Gasteiger charge is 2.26. The molecule has 0 amide bonds. The Labute approximate surface area is 104 Å². The van der Waals surface area contributed by atoms with Crippen molar-refractivity contribution in [1.29, 1.82) is 0 Å². The highest BCUT2D eigenvalue weighted by atomic mass is 32.2. The topological polar surface area (TPSA) is 0 Å². The molecule has 0 aliphatic carbocycles. The Morgan fingerprint density at radius 3 is 2.50 bits per heavy atom. The summed E-state index contributed by atoms with van der Waals surface area (Å²) in [6, 6.07) is 7.03. The SMILES string of the molecule is CC1(C)CCc2cc(C(C)(C)C)ccc2S1. The molecule has 1 aromatic rings. The number of thioether (sulfide) groups is 1. The summed E-state index contributed by atoms with van der Waals surface area (Å²) in [6.07, 6.45) is 2.53. The van der Waals surface area contributed by atoms with Gasteiger partial charge in [0.25, 0.3) is 0 Å². The third kappa shape index (κ3) is 2.45. The second-order valence-corrected chi connectivity index (χ2v) is 8.18. The van der Waals surface area contributed by atoms with E-state index in [1.807, 2.05) is 11.8 Å². The fraction of sp³-hybridized carbons (Fsp3) is 0.600. The van der Waals surface area contributed by atoms with Gasteiger partial charge in [0, 0.05) is 9.64 Å². The molecule has 0 aromatic heterocycles. The van der Waals surface area contributed by atoms with E-state index in [2.05, 4.69) is 52.8 Å². The standard InChI is InChI=1S/C15H22S/c1-14(2,3)12-6-7-13-11(10-12)8-9-15(4,5)16-13/h6-7,10H,8-9H2,1-5H3. The molecule has 2 rings (SSSR count). The summed E-state index contributed by atoms with van der Waals surface area (Å²) in [5, 5.41) is 0. The van der Waals surface area contributed by atoms with Crippen molar-refractivity contribution in [2.75, 3.05) is 0 Å². The summed E-state index contributed by atoms with van der Waals surface area (Å²) in [6.45, 7) is 11.6. The first kappa shape index (κ1) is 12.0. The summed E-state index contributed by atoms with van der Waals surface area (Å²) in [5.74, 6) is 0. The van der Waals surface area contributed by atoms with Gasteiger partial charge in [-0.2, -0.15) is 0 Å². The van der Waals surface area contributed by atoms with Crippen molar-refractivity contribution in [3.63, 3.8) is 0 Å². The van der Waals surface area contributed by atoms with E-state index in [4.69, 9.17) is 0 Å². The zero-order chi connectivity index (χ0) is 12.0. The molecule has 1 aliphatic heterocycles. The monoisotopic (exact) mass is 234 g/mol. The minimum Gasteiger partial charge on any atom is -0.120 e. The predicted octanol–water partition coefficient (Wildman–Crippen LogP) is 4.80. The molecule has 0 N–H and O–H groups in total. The quantitative estimate of drug-likeness (QED) is 0.621. The molecule has 88 valence electrons. The summed E-state index contributed by atoms with van der Waals surface area (Å²) >= 11 is 2.03. The van der Waals surface area contributed by atoms with Crippen LogP contribution in [0.5, 0.6) is 0 Å². The number of rotatable bonds is 0. The molecule has 0 saturated carbocycles. The van der Waals surface area contributed by atoms with Crippen molar-refractivity contribution in [3.8, 4) is 0 Å². The molecule has 0 bridgehead atoms. The Hall–Kier alpha value is -0.430. The Morgan fingerprint density at radius 2 is 1.88 bits per heavy atom. The van der Waals surface area contributed by atoms with Gasteiger partial charge in [-0.05, 0) is 35.4 Å². The molecule has 1 heteroatoms. The molecular weight excluding hydrogens is 212 g/mol. The molecule has 0 saturated heterocycles. The van der Waals surface area contributed by atoms with Crippen LogP contribution < -0.4 is 0 Å². The molecule has 0 unspecified atom stereocenters. The fourth-order valence-electron chi connectivity index (χ4n) is 2.13. The van der Waals surface area contributed by atoms with Crippen molar-refractivity contribution >= 4 is 11.8 Å². The molecule has 0 atom stereocenters. The summed E-state index contributed by atoms with van der Waals surface area (Å²) in [4.78, 5) is 1.49. The lowest BCUT2D eigenvalue weighted by atomic mass is 9.85. The third-order valence-corrected chi connectivity index (χ3v) is 4.68. The fourth-order valence-corrected chi connectivity index (χ4v) is 3.35. The van der Waals surface area contributed by atoms with Crippen molar-refractivity contribution in [2.45, 2.75) is 62.5 Å². The second-order valence-electron chi connectivity index (χ2n) is 6.43. The largest absolute Gasteiger partial charge is 0.120 e. The first-order chi connectivity index (χ1) is 7.28. The highest BCUT2D eigenvalue weighted by Crippen LogP contribution is 2.43. The Morgan fingerprint density at radius 1 is 1.19 bits per heavy atom. The van der Waals surface area contributed by atoms with Crippen LogP contribution in [0, 0.1) is 0 Å². The van der Waals surface area contributed by atoms with E-state index in [0.717, 1.165) is 0 Å². The van der Waals surface area contributed by atoms with Crippen molar-refractivity contribution in [3.05, 3.63) is 29.3 Å². The van der Waals surface area contributed by atoms with Crippen LogP contribution in [0.3, 0.4) is 0 Å². The zero-order valence-electron chi connectivity index (χ0n) is 11.1. The van der Waals surface area contributed by atoms with E-state index in [-0.39, 0.29) is 5.41 Å². The first-order valence-corrected chi connectivity index (χ1v) is 6.92. The molecule has 0 radical (unpaired) electrons. The lowest BCUT2D eigenvalue weighted by Crippen LogP contribution is -2.21. The van der Waals surface area contributed by atoms with E-state index >= 15 is 0 Å². The van der Waals surface area contributed by atoms with Gasteiger partial charge >= 0.3 is 0 Å². The van der Waals surface area contributed by atoms with Crippen LogP contribution in [0.4, 0.5) is 0 Å². The van der Waals surface area contributed by atoms with Crippen LogP contribution >= 0.6 is 11.8 Å². The normalized spacial score (nSPS) is 19.3. The van der Waals surface area contributed by atoms with Crippen molar-refractivity contribution in [1.82, 2.24) is 0 Å². The lowest BCUT2D eigenvalue weighted by molar-refractivity contribution is 0.583. The van der Waals surface area contributed by atoms with Gasteiger partial charge in [-0.25, -0.2) is 0 Å². The maximum absolute atomic E-state index is 2.41. The van der Waals surface area contributed by atoms with Gasteiger partial charge in [-0.1, -0.05) is 46.8 Å². The average Bonchev–Trinajstić information content (AvgIpc) is 2.14. The molecule has 0 nitrogen and oxygen atoms in total. The Balaban J connectivity index is 2.36. The number of benzene rings is 1. The van der Waals surface area contributed by atoms with Crippen LogP contribution in [-0.4, -0.2) is 4.75 Å². The average molecular weight is 234 g/mol. The summed E-state index contributed by atoms with van der Waals surface area (Å²) in [5.41, 5.74) is 3.29. The summed E-state index contributed by atoms with van der Waals surface area (Å²) < 4.78 is 0.413. The van der Waals surface area contributed by atoms with E-state index in [1.54, 1.807) is 5.56 Å². The number of fused-ring (bicyclic) bond motifs is 1. The Kier molecular flexibility index (Phi) is 2.86. The minimum absolute atomic E-state index is 0.270. The predicted molar refractivity (Wildman–Crippen MR) is 73.4 cm³/mol. The molecular formula is C15H22S. The Bertz CT molecular complexity index is 396. The van der Waals surface area contributed by atoms with Crippen LogP contribution in [0.2, 0.25) is 0 Å². The van der Waals surface area contributed by atoms with Gasteiger partial charge in [0.2, 0.25) is 0 Å². The van der Waals surface area contributed by atoms with Crippen LogP contribution in [-0.2, 0) is 11.8 Å². The van der Waals surface area contributed by atoms with Crippen LogP contribution in [0.25, 0.3) is 0 Å². The molecule has 0 fully saturated rings. The molecule has 1 aromatic carbocycles. The van der Waals surface area contributed by atoms with E-state index in [1.165, 1.54) is 23.3 Å². The van der Waals surface area contributed by atoms with Crippen LogP contribution in [0.15, 0.2) is 23.1 Å². The zero-order valence-corrected chi connectivity index (χ0v) is 11.9. The van der Waals surface area contributed by atoms with Gasteiger partial charge in [-0.3, -0.25) is 0 Å². The number of hydrogen-bond acceptors (Lipinski definition) is 1. The van der Waals surface area contributed by atoms with E-state index in [9.17, 15) is 0 Å². The number of hydrogen-bond donors (Lipinski definition) is 0. The minimum atomic E-state index is 0.270. The smallest absolute Gasteiger partial charge is 0.0154 e. The van der Waals surface area contributed by atoms with E-state index < -0.39 is 0 Å². The first-order valence-electron chi connectivity index (χ1n) is 6.10. The van der Waals surface area contributed by atoms with Crippen molar-refractivity contribution in [2.24, 2.45) is 0 Å². The maximum Gasteiger partial charge on any atom is 0.0154 e.